The summed E-state index contributed by atoms with van der Waals surface area (Å²) < 4.78 is 19.5. The molecule has 10 nitrogen and oxygen atoms in total. The van der Waals surface area contributed by atoms with Crippen LogP contribution in [0.3, 0.4) is 0 Å². The second kappa shape index (κ2) is 13.3. The number of piperidine rings is 1. The van der Waals surface area contributed by atoms with E-state index < -0.39 is 8.07 Å². The highest BCUT2D eigenvalue weighted by atomic mass is 28.3. The predicted molar refractivity (Wildman–Crippen MR) is 156 cm³/mol. The van der Waals surface area contributed by atoms with E-state index in [0.717, 1.165) is 11.6 Å². The van der Waals surface area contributed by atoms with Crippen LogP contribution in [0, 0.1) is 0 Å². The Morgan fingerprint density at radius 1 is 1.18 bits per heavy atom. The molecule has 3 heterocycles. The molecule has 4 rings (SSSR count). The van der Waals surface area contributed by atoms with Crippen molar-refractivity contribution >= 4 is 31.2 Å². The van der Waals surface area contributed by atoms with Gasteiger partial charge >= 0.3 is 6.09 Å². The zero-order chi connectivity index (χ0) is 28.7. The van der Waals surface area contributed by atoms with Crippen molar-refractivity contribution in [1.29, 1.82) is 0 Å². The molecule has 3 aromatic rings. The van der Waals surface area contributed by atoms with E-state index >= 15 is 0 Å². The SMILES string of the molecule is CCNC(=O)c1cn(COCC[Si](C)(C)C)c2ncc(O[C@@H]3CCN(C(=O)OCc4ccccc4)[C@@H](C)C3)nc12. The van der Waals surface area contributed by atoms with Crippen LogP contribution in [0.4, 0.5) is 4.79 Å². The van der Waals surface area contributed by atoms with Crippen molar-refractivity contribution in [1.82, 2.24) is 24.8 Å². The van der Waals surface area contributed by atoms with Gasteiger partial charge in [0.15, 0.2) is 5.65 Å². The molecule has 1 aliphatic rings. The van der Waals surface area contributed by atoms with Crippen LogP contribution in [0.25, 0.3) is 11.2 Å². The number of benzene rings is 1. The van der Waals surface area contributed by atoms with Gasteiger partial charge in [-0.2, -0.15) is 0 Å². The molecule has 0 unspecified atom stereocenters. The lowest BCUT2D eigenvalue weighted by molar-refractivity contribution is 0.0386. The number of nitrogens with zero attached hydrogens (tertiary/aromatic N) is 4. The van der Waals surface area contributed by atoms with E-state index in [4.69, 9.17) is 14.2 Å². The maximum Gasteiger partial charge on any atom is 0.410 e. The number of hydrogen-bond acceptors (Lipinski definition) is 7. The molecular weight excluding hydrogens is 526 g/mol. The summed E-state index contributed by atoms with van der Waals surface area (Å²) in [7, 11) is -1.21. The average Bonchev–Trinajstić information content (AvgIpc) is 3.28. The molecule has 1 aromatic carbocycles. The fourth-order valence-electron chi connectivity index (χ4n) is 4.63. The molecule has 1 N–H and O–H groups in total. The summed E-state index contributed by atoms with van der Waals surface area (Å²) in [4.78, 5) is 36.5. The van der Waals surface area contributed by atoms with Crippen molar-refractivity contribution in [3.8, 4) is 5.88 Å². The number of likely N-dealkylation sites (tertiary alicyclic amines) is 1. The monoisotopic (exact) mass is 567 g/mol. The summed E-state index contributed by atoms with van der Waals surface area (Å²) in [5, 5.41) is 2.85. The Kier molecular flexibility index (Phi) is 9.80. The van der Waals surface area contributed by atoms with Crippen molar-refractivity contribution < 1.29 is 23.8 Å². The molecule has 11 heteroatoms. The topological polar surface area (TPSA) is 108 Å². The van der Waals surface area contributed by atoms with Gasteiger partial charge in [0.25, 0.3) is 5.91 Å². The van der Waals surface area contributed by atoms with Gasteiger partial charge in [0.05, 0.1) is 11.8 Å². The van der Waals surface area contributed by atoms with Gasteiger partial charge in [-0.1, -0.05) is 50.0 Å². The summed E-state index contributed by atoms with van der Waals surface area (Å²) in [6, 6.07) is 10.6. The molecule has 0 bridgehead atoms. The van der Waals surface area contributed by atoms with E-state index in [-0.39, 0.29) is 30.8 Å². The molecule has 2 aromatic heterocycles. The van der Waals surface area contributed by atoms with Gasteiger partial charge in [0.1, 0.15) is 25.0 Å². The zero-order valence-corrected chi connectivity index (χ0v) is 25.2. The number of carbonyl (C=O) groups is 2. The highest BCUT2D eigenvalue weighted by Gasteiger charge is 2.31. The van der Waals surface area contributed by atoms with E-state index in [1.807, 2.05) is 48.7 Å². The number of carbonyl (C=O) groups excluding carboxylic acids is 2. The Hall–Kier alpha value is -3.44. The average molecular weight is 568 g/mol. The van der Waals surface area contributed by atoms with Crippen LogP contribution in [0.5, 0.6) is 5.88 Å². The standard InChI is InChI=1S/C29H41N5O5Si/c1-6-30-28(35)24-18-33(20-37-14-15-40(3,4)5)27-26(24)32-25(17-31-27)39-23-12-13-34(21(2)16-23)29(36)38-19-22-10-8-7-9-11-22/h7-11,17-18,21,23H,6,12-16,19-20H2,1-5H3,(H,30,35)/t21-,23+/m0/s1. The lowest BCUT2D eigenvalue weighted by Crippen LogP contribution is -2.47. The van der Waals surface area contributed by atoms with Crippen molar-refractivity contribution in [2.45, 2.75) is 77.9 Å². The molecule has 40 heavy (non-hydrogen) atoms. The van der Waals surface area contributed by atoms with Gasteiger partial charge in [-0.05, 0) is 25.5 Å². The van der Waals surface area contributed by atoms with Crippen molar-refractivity contribution in [3.05, 3.63) is 53.9 Å². The Labute approximate surface area is 237 Å². The fourth-order valence-corrected chi connectivity index (χ4v) is 5.39. The van der Waals surface area contributed by atoms with Crippen LogP contribution < -0.4 is 10.1 Å². The molecule has 0 radical (unpaired) electrons. The molecule has 1 aliphatic heterocycles. The summed E-state index contributed by atoms with van der Waals surface area (Å²) in [5.41, 5.74) is 2.45. The highest BCUT2D eigenvalue weighted by Crippen LogP contribution is 2.25. The van der Waals surface area contributed by atoms with E-state index in [9.17, 15) is 9.59 Å². The number of fused-ring (bicyclic) bond motifs is 1. The van der Waals surface area contributed by atoms with Crippen molar-refractivity contribution in [2.24, 2.45) is 0 Å². The van der Waals surface area contributed by atoms with Gasteiger partial charge in [-0.3, -0.25) is 4.79 Å². The summed E-state index contributed by atoms with van der Waals surface area (Å²) in [6.07, 6.45) is 4.15. The van der Waals surface area contributed by atoms with Crippen molar-refractivity contribution in [2.75, 3.05) is 19.7 Å². The minimum Gasteiger partial charge on any atom is -0.473 e. The summed E-state index contributed by atoms with van der Waals surface area (Å²) >= 11 is 0. The summed E-state index contributed by atoms with van der Waals surface area (Å²) in [6.45, 7) is 13.0. The first-order valence-corrected chi connectivity index (χ1v) is 17.7. The van der Waals surface area contributed by atoms with Crippen LogP contribution >= 0.6 is 0 Å². The second-order valence-corrected chi connectivity index (χ2v) is 17.1. The van der Waals surface area contributed by atoms with E-state index in [0.29, 0.717) is 61.9 Å². The van der Waals surface area contributed by atoms with Gasteiger partial charge in [-0.25, -0.2) is 14.8 Å². The first kappa shape index (κ1) is 29.5. The molecule has 216 valence electrons. The van der Waals surface area contributed by atoms with Crippen LogP contribution in [-0.2, 0) is 22.8 Å². The van der Waals surface area contributed by atoms with Gasteiger partial charge in [-0.15, -0.1) is 0 Å². The van der Waals surface area contributed by atoms with E-state index in [2.05, 4.69) is 34.9 Å². The second-order valence-electron chi connectivity index (χ2n) is 11.4. The minimum atomic E-state index is -1.21. The molecule has 1 saturated heterocycles. The Balaban J connectivity index is 1.40. The minimum absolute atomic E-state index is 0.0565. The van der Waals surface area contributed by atoms with E-state index in [1.54, 1.807) is 17.3 Å². The number of aromatic nitrogens is 3. The number of amides is 2. The Morgan fingerprint density at radius 3 is 2.65 bits per heavy atom. The van der Waals surface area contributed by atoms with Crippen LogP contribution in [0.2, 0.25) is 25.7 Å². The third-order valence-electron chi connectivity index (χ3n) is 6.91. The lowest BCUT2D eigenvalue weighted by atomic mass is 10.0. The van der Waals surface area contributed by atoms with Gasteiger partial charge < -0.3 is 29.0 Å². The summed E-state index contributed by atoms with van der Waals surface area (Å²) in [5.74, 6) is 0.142. The fraction of sp³-hybridized carbons (Fsp3) is 0.517. The smallest absolute Gasteiger partial charge is 0.410 e. The van der Waals surface area contributed by atoms with Gasteiger partial charge in [0, 0.05) is 52.9 Å². The van der Waals surface area contributed by atoms with Gasteiger partial charge in [0.2, 0.25) is 5.88 Å². The first-order chi connectivity index (χ1) is 19.1. The van der Waals surface area contributed by atoms with Crippen LogP contribution in [0.15, 0.2) is 42.7 Å². The number of hydrogen-bond donors (Lipinski definition) is 1. The normalized spacial score (nSPS) is 17.6. The maximum absolute atomic E-state index is 12.8. The molecule has 0 spiro atoms. The molecule has 2 atom stereocenters. The number of ether oxygens (including phenoxy) is 3. The Morgan fingerprint density at radius 2 is 1.95 bits per heavy atom. The van der Waals surface area contributed by atoms with Crippen LogP contribution in [-0.4, -0.2) is 71.4 Å². The number of nitrogens with one attached hydrogen (secondary N) is 1. The first-order valence-electron chi connectivity index (χ1n) is 14.0. The molecule has 2 amide bonds. The zero-order valence-electron chi connectivity index (χ0n) is 24.2. The molecular formula is C29H41N5O5Si. The lowest BCUT2D eigenvalue weighted by Gasteiger charge is -2.36. The van der Waals surface area contributed by atoms with E-state index in [1.165, 1.54) is 0 Å². The predicted octanol–water partition coefficient (Wildman–Crippen LogP) is 5.06. The maximum atomic E-state index is 12.8. The number of rotatable bonds is 11. The largest absolute Gasteiger partial charge is 0.473 e. The van der Waals surface area contributed by atoms with Crippen LogP contribution in [0.1, 0.15) is 42.6 Å². The third kappa shape index (κ3) is 7.82. The highest BCUT2D eigenvalue weighted by molar-refractivity contribution is 6.76. The molecule has 1 fully saturated rings. The third-order valence-corrected chi connectivity index (χ3v) is 8.61. The molecule has 0 aliphatic carbocycles. The Bertz CT molecular complexity index is 1290. The van der Waals surface area contributed by atoms with Crippen molar-refractivity contribution in [3.63, 3.8) is 0 Å². The molecule has 0 saturated carbocycles. The quantitative estimate of drug-likeness (QED) is 0.255.